The summed E-state index contributed by atoms with van der Waals surface area (Å²) in [7, 11) is 0. The molecule has 2 fully saturated rings. The number of aliphatic hydroxyl groups excluding tert-OH is 1. The number of rotatable bonds is 5. The van der Waals surface area contributed by atoms with Crippen LogP contribution in [-0.2, 0) is 16.0 Å². The third kappa shape index (κ3) is 3.74. The summed E-state index contributed by atoms with van der Waals surface area (Å²) < 4.78 is 44.9. The van der Waals surface area contributed by atoms with Crippen molar-refractivity contribution < 1.29 is 28.1 Å². The molecule has 0 unspecified atom stereocenters. The number of aromatic nitrogens is 3. The van der Waals surface area contributed by atoms with Crippen LogP contribution in [-0.4, -0.2) is 57.7 Å². The summed E-state index contributed by atoms with van der Waals surface area (Å²) in [6.45, 7) is 0.256. The average Bonchev–Trinajstić information content (AvgIpc) is 3.38. The van der Waals surface area contributed by atoms with Crippen LogP contribution in [0.1, 0.15) is 5.56 Å². The van der Waals surface area contributed by atoms with Crippen LogP contribution in [0.2, 0.25) is 5.02 Å². The first-order chi connectivity index (χ1) is 14.9. The molecule has 0 bridgehead atoms. The van der Waals surface area contributed by atoms with Crippen LogP contribution in [0, 0.1) is 11.6 Å². The smallest absolute Gasteiger partial charge is 0.296 e. The molecule has 5 rings (SSSR count). The lowest BCUT2D eigenvalue weighted by atomic mass is 10.1. The first kappa shape index (κ1) is 20.2. The number of nitrogen functional groups attached to an aromatic ring is 1. The Balaban J connectivity index is 1.33. The number of aromatic amines is 1. The van der Waals surface area contributed by atoms with Crippen molar-refractivity contribution in [2.24, 2.45) is 0 Å². The fourth-order valence-electron chi connectivity index (χ4n) is 3.73. The van der Waals surface area contributed by atoms with Crippen LogP contribution in [0.4, 0.5) is 20.3 Å². The number of fused-ring (bicyclic) bond motifs is 2. The van der Waals surface area contributed by atoms with Gasteiger partial charge in [-0.15, -0.1) is 0 Å². The molecule has 2 aliphatic rings. The molecule has 0 radical (unpaired) electrons. The van der Waals surface area contributed by atoms with Crippen molar-refractivity contribution in [2.75, 3.05) is 24.3 Å². The minimum Gasteiger partial charge on any atom is -0.456 e. The summed E-state index contributed by atoms with van der Waals surface area (Å²) in [5.41, 5.74) is 6.05. The topological polar surface area (TPSA) is 128 Å². The van der Waals surface area contributed by atoms with Crippen LogP contribution in [0.3, 0.4) is 0 Å². The second-order valence-corrected chi connectivity index (χ2v) is 7.78. The van der Waals surface area contributed by atoms with Crippen LogP contribution in [0.15, 0.2) is 18.2 Å². The zero-order chi connectivity index (χ0) is 21.7. The Morgan fingerprint density at radius 1 is 1.19 bits per heavy atom. The highest BCUT2D eigenvalue weighted by atomic mass is 35.5. The number of ether oxygens (including phenoxy) is 3. The van der Waals surface area contributed by atoms with Crippen LogP contribution < -0.4 is 15.8 Å². The van der Waals surface area contributed by atoms with E-state index < -0.39 is 29.9 Å². The molecule has 2 aliphatic heterocycles. The molecule has 12 heteroatoms. The summed E-state index contributed by atoms with van der Waals surface area (Å²) in [5, 5.41) is 12.9. The van der Waals surface area contributed by atoms with Crippen molar-refractivity contribution in [2.45, 2.75) is 31.0 Å². The Morgan fingerprint density at radius 2 is 1.94 bits per heavy atom. The van der Waals surface area contributed by atoms with Crippen LogP contribution in [0.25, 0.3) is 11.2 Å². The molecule has 9 nitrogen and oxygen atoms in total. The van der Waals surface area contributed by atoms with Gasteiger partial charge >= 0.3 is 0 Å². The van der Waals surface area contributed by atoms with E-state index in [1.165, 1.54) is 0 Å². The molecule has 2 saturated heterocycles. The summed E-state index contributed by atoms with van der Waals surface area (Å²) in [6.07, 6.45) is -1.93. The largest absolute Gasteiger partial charge is 0.456 e. The lowest BCUT2D eigenvalue weighted by Crippen LogP contribution is -2.34. The summed E-state index contributed by atoms with van der Waals surface area (Å²) in [4.78, 5) is 11.6. The lowest BCUT2D eigenvalue weighted by Gasteiger charge is -2.15. The van der Waals surface area contributed by atoms with E-state index in [4.69, 9.17) is 31.5 Å². The number of nitrogens with two attached hydrogens (primary N) is 1. The first-order valence-electron chi connectivity index (χ1n) is 9.50. The third-order valence-electron chi connectivity index (χ3n) is 5.25. The fourth-order valence-corrected chi connectivity index (χ4v) is 3.95. The normalized spacial score (nSPS) is 25.2. The van der Waals surface area contributed by atoms with Crippen molar-refractivity contribution in [1.82, 2.24) is 15.0 Å². The molecule has 0 spiro atoms. The SMILES string of the molecule is Nc1cc(F)c(CNc2nc3nc(O[C@@H]4CO[C@H]5[C@@H]4OC[C@H]5O)[nH]c3cc2Cl)c(F)c1. The van der Waals surface area contributed by atoms with Gasteiger partial charge in [0.05, 0.1) is 23.8 Å². The number of H-pyrrole nitrogens is 1. The highest BCUT2D eigenvalue weighted by Crippen LogP contribution is 2.31. The number of halogens is 3. The van der Waals surface area contributed by atoms with E-state index in [1.54, 1.807) is 6.07 Å². The van der Waals surface area contributed by atoms with Gasteiger partial charge in [0.15, 0.2) is 11.8 Å². The Hall–Kier alpha value is -2.73. The van der Waals surface area contributed by atoms with Gasteiger partial charge in [-0.05, 0) is 18.2 Å². The van der Waals surface area contributed by atoms with Crippen molar-refractivity contribution in [3.63, 3.8) is 0 Å². The number of imidazole rings is 1. The van der Waals surface area contributed by atoms with Gasteiger partial charge in [0.25, 0.3) is 6.01 Å². The van der Waals surface area contributed by atoms with Crippen molar-refractivity contribution in [3.05, 3.63) is 40.4 Å². The Labute approximate surface area is 179 Å². The number of aliphatic hydroxyl groups is 1. The lowest BCUT2D eigenvalue weighted by molar-refractivity contribution is 0.00706. The number of nitrogens with zero attached hydrogens (tertiary/aromatic N) is 2. The van der Waals surface area contributed by atoms with E-state index in [2.05, 4.69) is 20.3 Å². The standard InChI is InChI=1S/C19H18ClF2N5O4/c20-9-3-12-18(26-17(9)24-4-8-10(21)1-7(23)2-11(8)22)27-19(25-12)31-14-6-30-15-13(28)5-29-16(14)15/h1-3,13-16,28H,4-6,23H2,(H2,24,25,26,27)/t13-,14-,15-,16-/m1/s1. The number of pyridine rings is 1. The summed E-state index contributed by atoms with van der Waals surface area (Å²) >= 11 is 6.25. The van der Waals surface area contributed by atoms with Crippen LogP contribution >= 0.6 is 11.6 Å². The number of anilines is 2. The first-order valence-corrected chi connectivity index (χ1v) is 9.88. The highest BCUT2D eigenvalue weighted by Gasteiger charge is 2.48. The highest BCUT2D eigenvalue weighted by molar-refractivity contribution is 6.33. The van der Waals surface area contributed by atoms with E-state index in [9.17, 15) is 13.9 Å². The Morgan fingerprint density at radius 3 is 2.71 bits per heavy atom. The summed E-state index contributed by atoms with van der Waals surface area (Å²) in [5.74, 6) is -1.34. The van der Waals surface area contributed by atoms with E-state index in [0.717, 1.165) is 12.1 Å². The second kappa shape index (κ2) is 7.75. The average molecular weight is 454 g/mol. The number of hydrogen-bond acceptors (Lipinski definition) is 8. The Bertz CT molecular complexity index is 1120. The minimum atomic E-state index is -0.769. The molecule has 4 heterocycles. The molecule has 31 heavy (non-hydrogen) atoms. The zero-order valence-corrected chi connectivity index (χ0v) is 16.7. The van der Waals surface area contributed by atoms with E-state index in [-0.39, 0.29) is 54.0 Å². The van der Waals surface area contributed by atoms with Crippen LogP contribution in [0.5, 0.6) is 6.01 Å². The Kier molecular flexibility index (Phi) is 5.05. The predicted molar refractivity (Wildman–Crippen MR) is 107 cm³/mol. The van der Waals surface area contributed by atoms with Gasteiger partial charge in [-0.1, -0.05) is 11.6 Å². The van der Waals surface area contributed by atoms with Crippen molar-refractivity contribution in [1.29, 1.82) is 0 Å². The van der Waals surface area contributed by atoms with Gasteiger partial charge < -0.3 is 35.4 Å². The molecule has 0 saturated carbocycles. The second-order valence-electron chi connectivity index (χ2n) is 7.37. The number of nitrogens with one attached hydrogen (secondary N) is 2. The number of benzene rings is 1. The molecular formula is C19H18ClF2N5O4. The van der Waals surface area contributed by atoms with Gasteiger partial charge in [-0.2, -0.15) is 4.98 Å². The molecule has 2 aromatic heterocycles. The monoisotopic (exact) mass is 453 g/mol. The maximum atomic E-state index is 14.0. The van der Waals surface area contributed by atoms with Gasteiger partial charge in [0.1, 0.15) is 35.8 Å². The van der Waals surface area contributed by atoms with E-state index >= 15 is 0 Å². The van der Waals surface area contributed by atoms with Gasteiger partial charge in [0, 0.05) is 17.8 Å². The molecular weight excluding hydrogens is 436 g/mol. The van der Waals surface area contributed by atoms with Gasteiger partial charge in [-0.25, -0.2) is 13.8 Å². The minimum absolute atomic E-state index is 0.00289. The molecule has 1 aromatic carbocycles. The third-order valence-corrected chi connectivity index (χ3v) is 5.53. The maximum absolute atomic E-state index is 14.0. The molecule has 5 N–H and O–H groups in total. The maximum Gasteiger partial charge on any atom is 0.296 e. The van der Waals surface area contributed by atoms with Gasteiger partial charge in [0.2, 0.25) is 0 Å². The molecule has 0 aliphatic carbocycles. The summed E-state index contributed by atoms with van der Waals surface area (Å²) in [6, 6.07) is 3.84. The van der Waals surface area contributed by atoms with E-state index in [1.807, 2.05) is 0 Å². The fraction of sp³-hybridized carbons (Fsp3) is 0.368. The molecule has 164 valence electrons. The predicted octanol–water partition coefficient (Wildman–Crippen LogP) is 1.99. The molecule has 3 aromatic rings. The zero-order valence-electron chi connectivity index (χ0n) is 15.9. The van der Waals surface area contributed by atoms with Gasteiger partial charge in [-0.3, -0.25) is 0 Å². The quantitative estimate of drug-likeness (QED) is 0.432. The van der Waals surface area contributed by atoms with E-state index in [0.29, 0.717) is 11.2 Å². The number of hydrogen-bond donors (Lipinski definition) is 4. The van der Waals surface area contributed by atoms with Crippen molar-refractivity contribution >= 4 is 34.3 Å². The van der Waals surface area contributed by atoms with Crippen molar-refractivity contribution in [3.8, 4) is 6.01 Å². The molecule has 4 atom stereocenters. The molecule has 0 amide bonds.